The van der Waals surface area contributed by atoms with E-state index in [-0.39, 0.29) is 18.1 Å². The Hall–Kier alpha value is -2.89. The molecule has 0 radical (unpaired) electrons. The van der Waals surface area contributed by atoms with E-state index >= 15 is 0 Å². The number of piperazine rings is 1. The first-order valence-electron chi connectivity index (χ1n) is 10.1. The van der Waals surface area contributed by atoms with Gasteiger partial charge in [-0.15, -0.1) is 0 Å². The van der Waals surface area contributed by atoms with Crippen LogP contribution in [-0.4, -0.2) is 56.3 Å². The minimum Gasteiger partial charge on any atom is -0.497 e. The van der Waals surface area contributed by atoms with Crippen molar-refractivity contribution in [2.24, 2.45) is 0 Å². The van der Waals surface area contributed by atoms with Crippen molar-refractivity contribution in [1.29, 1.82) is 0 Å². The van der Waals surface area contributed by atoms with Gasteiger partial charge in [0.25, 0.3) is 5.91 Å². The predicted octanol–water partition coefficient (Wildman–Crippen LogP) is 3.14. The molecule has 29 heavy (non-hydrogen) atoms. The van der Waals surface area contributed by atoms with Crippen LogP contribution < -0.4 is 19.1 Å². The first-order valence-corrected chi connectivity index (χ1v) is 10.1. The maximum absolute atomic E-state index is 12.7. The van der Waals surface area contributed by atoms with E-state index in [1.165, 1.54) is 0 Å². The van der Waals surface area contributed by atoms with E-state index in [4.69, 9.17) is 14.2 Å². The van der Waals surface area contributed by atoms with E-state index in [2.05, 4.69) is 30.9 Å². The van der Waals surface area contributed by atoms with E-state index in [0.29, 0.717) is 18.8 Å². The summed E-state index contributed by atoms with van der Waals surface area (Å²) in [5.74, 6) is 2.27. The molecule has 2 aliphatic heterocycles. The van der Waals surface area contributed by atoms with Crippen LogP contribution in [0, 0.1) is 0 Å². The quantitative estimate of drug-likeness (QED) is 0.777. The van der Waals surface area contributed by atoms with Gasteiger partial charge in [0.2, 0.25) is 0 Å². The fourth-order valence-electron chi connectivity index (χ4n) is 3.95. The van der Waals surface area contributed by atoms with Crippen molar-refractivity contribution >= 4 is 11.6 Å². The zero-order valence-corrected chi connectivity index (χ0v) is 17.3. The van der Waals surface area contributed by atoms with Gasteiger partial charge in [0, 0.05) is 49.9 Å². The van der Waals surface area contributed by atoms with Crippen molar-refractivity contribution in [3.63, 3.8) is 0 Å². The van der Waals surface area contributed by atoms with Gasteiger partial charge in [0.15, 0.2) is 18.1 Å². The maximum atomic E-state index is 12.7. The van der Waals surface area contributed by atoms with E-state index < -0.39 is 0 Å². The van der Waals surface area contributed by atoms with Crippen molar-refractivity contribution in [3.05, 3.63) is 48.0 Å². The minimum atomic E-state index is -0.234. The third-order valence-corrected chi connectivity index (χ3v) is 5.46. The number of para-hydroxylation sites is 1. The molecular weight excluding hydrogens is 368 g/mol. The Labute approximate surface area is 172 Å². The van der Waals surface area contributed by atoms with Gasteiger partial charge >= 0.3 is 0 Å². The number of nitrogens with zero attached hydrogens (tertiary/aromatic N) is 2. The van der Waals surface area contributed by atoms with Crippen LogP contribution in [0.2, 0.25) is 0 Å². The number of hydrogen-bond donors (Lipinski definition) is 0. The lowest BCUT2D eigenvalue weighted by Gasteiger charge is -2.36. The van der Waals surface area contributed by atoms with Crippen LogP contribution in [0.4, 0.5) is 5.69 Å². The largest absolute Gasteiger partial charge is 0.497 e. The maximum Gasteiger partial charge on any atom is 0.260 e. The Balaban J connectivity index is 1.32. The molecule has 2 aliphatic rings. The van der Waals surface area contributed by atoms with Crippen molar-refractivity contribution in [1.82, 2.24) is 4.90 Å². The molecule has 0 aromatic heterocycles. The highest BCUT2D eigenvalue weighted by atomic mass is 16.5. The second kappa shape index (κ2) is 7.85. The zero-order valence-electron chi connectivity index (χ0n) is 17.3. The summed E-state index contributed by atoms with van der Waals surface area (Å²) in [6, 6.07) is 13.9. The van der Waals surface area contributed by atoms with Crippen LogP contribution in [0.3, 0.4) is 0 Å². The molecule has 0 atom stereocenters. The molecule has 154 valence electrons. The smallest absolute Gasteiger partial charge is 0.260 e. The molecule has 6 heteroatoms. The molecule has 0 aliphatic carbocycles. The lowest BCUT2D eigenvalue weighted by Crippen LogP contribution is -2.50. The Morgan fingerprint density at radius 2 is 1.86 bits per heavy atom. The summed E-state index contributed by atoms with van der Waals surface area (Å²) < 4.78 is 17.2. The highest BCUT2D eigenvalue weighted by Gasteiger charge is 2.32. The summed E-state index contributed by atoms with van der Waals surface area (Å²) in [5.41, 5.74) is 2.02. The van der Waals surface area contributed by atoms with Gasteiger partial charge in [-0.3, -0.25) is 4.79 Å². The first-order chi connectivity index (χ1) is 13.9. The standard InChI is InChI=1S/C23H28N2O4/c1-23(2)15-17-6-4-9-20(22(17)29-23)28-16-21(26)25-12-10-24(11-13-25)18-7-5-8-19(14-18)27-3/h4-9,14H,10-13,15-16H2,1-3H3. The molecule has 2 aromatic carbocycles. The van der Waals surface area contributed by atoms with Crippen LogP contribution in [0.25, 0.3) is 0 Å². The number of amides is 1. The van der Waals surface area contributed by atoms with Crippen LogP contribution in [-0.2, 0) is 11.2 Å². The molecule has 2 heterocycles. The molecule has 0 bridgehead atoms. The van der Waals surface area contributed by atoms with Crippen LogP contribution in [0.5, 0.6) is 17.2 Å². The first kappa shape index (κ1) is 19.4. The number of carbonyl (C=O) groups is 1. The predicted molar refractivity (Wildman–Crippen MR) is 112 cm³/mol. The summed E-state index contributed by atoms with van der Waals surface area (Å²) in [4.78, 5) is 16.8. The molecule has 0 saturated carbocycles. The molecule has 6 nitrogen and oxygen atoms in total. The number of benzene rings is 2. The lowest BCUT2D eigenvalue weighted by molar-refractivity contribution is -0.133. The van der Waals surface area contributed by atoms with Gasteiger partial charge < -0.3 is 24.0 Å². The number of ether oxygens (including phenoxy) is 3. The molecule has 2 aromatic rings. The molecule has 1 amide bonds. The van der Waals surface area contributed by atoms with Crippen molar-refractivity contribution in [2.75, 3.05) is 44.8 Å². The van der Waals surface area contributed by atoms with Crippen LogP contribution >= 0.6 is 0 Å². The number of fused-ring (bicyclic) bond motifs is 1. The number of anilines is 1. The summed E-state index contributed by atoms with van der Waals surface area (Å²) >= 11 is 0. The van der Waals surface area contributed by atoms with Crippen molar-refractivity contribution in [2.45, 2.75) is 25.9 Å². The molecule has 1 saturated heterocycles. The third kappa shape index (κ3) is 4.26. The fraction of sp³-hybridized carbons (Fsp3) is 0.435. The molecule has 4 rings (SSSR count). The van der Waals surface area contributed by atoms with E-state index in [1.54, 1.807) is 7.11 Å². The average molecular weight is 396 g/mol. The normalized spacial score (nSPS) is 17.5. The monoisotopic (exact) mass is 396 g/mol. The topological polar surface area (TPSA) is 51.2 Å². The molecular formula is C23H28N2O4. The Morgan fingerprint density at radius 3 is 2.62 bits per heavy atom. The fourth-order valence-corrected chi connectivity index (χ4v) is 3.95. The Kier molecular flexibility index (Phi) is 5.26. The molecule has 0 unspecified atom stereocenters. The van der Waals surface area contributed by atoms with Gasteiger partial charge in [-0.05, 0) is 32.0 Å². The van der Waals surface area contributed by atoms with Gasteiger partial charge in [-0.25, -0.2) is 0 Å². The molecule has 0 spiro atoms. The minimum absolute atomic E-state index is 0.00477. The van der Waals surface area contributed by atoms with Crippen LogP contribution in [0.15, 0.2) is 42.5 Å². The average Bonchev–Trinajstić information content (AvgIpc) is 3.06. The number of rotatable bonds is 5. The van der Waals surface area contributed by atoms with E-state index in [1.807, 2.05) is 35.2 Å². The van der Waals surface area contributed by atoms with Gasteiger partial charge in [-0.1, -0.05) is 18.2 Å². The van der Waals surface area contributed by atoms with Gasteiger partial charge in [-0.2, -0.15) is 0 Å². The second-order valence-corrected chi connectivity index (χ2v) is 8.14. The number of methoxy groups -OCH3 is 1. The van der Waals surface area contributed by atoms with Gasteiger partial charge in [0.05, 0.1) is 7.11 Å². The Morgan fingerprint density at radius 1 is 1.10 bits per heavy atom. The second-order valence-electron chi connectivity index (χ2n) is 8.14. The molecule has 1 fully saturated rings. The summed E-state index contributed by atoms with van der Waals surface area (Å²) in [7, 11) is 1.67. The highest BCUT2D eigenvalue weighted by Crippen LogP contribution is 2.41. The molecule has 0 N–H and O–H groups in total. The number of hydrogen-bond acceptors (Lipinski definition) is 5. The Bertz CT molecular complexity index is 888. The number of carbonyl (C=O) groups excluding carboxylic acids is 1. The lowest BCUT2D eigenvalue weighted by atomic mass is 10.0. The van der Waals surface area contributed by atoms with Crippen molar-refractivity contribution < 1.29 is 19.0 Å². The van der Waals surface area contributed by atoms with E-state index in [0.717, 1.165) is 42.3 Å². The summed E-state index contributed by atoms with van der Waals surface area (Å²) in [6.07, 6.45) is 0.847. The van der Waals surface area contributed by atoms with Crippen molar-refractivity contribution in [3.8, 4) is 17.2 Å². The van der Waals surface area contributed by atoms with Gasteiger partial charge in [0.1, 0.15) is 11.4 Å². The summed E-state index contributed by atoms with van der Waals surface area (Å²) in [6.45, 7) is 7.08. The summed E-state index contributed by atoms with van der Waals surface area (Å²) in [5, 5.41) is 0. The SMILES string of the molecule is COc1cccc(N2CCN(C(=O)COc3cccc4c3OC(C)(C)C4)CC2)c1. The third-order valence-electron chi connectivity index (χ3n) is 5.46. The van der Waals surface area contributed by atoms with Crippen LogP contribution in [0.1, 0.15) is 19.4 Å². The van der Waals surface area contributed by atoms with E-state index in [9.17, 15) is 4.79 Å². The highest BCUT2D eigenvalue weighted by molar-refractivity contribution is 5.78. The zero-order chi connectivity index (χ0) is 20.4.